The summed E-state index contributed by atoms with van der Waals surface area (Å²) < 4.78 is 2.07. The summed E-state index contributed by atoms with van der Waals surface area (Å²) in [4.78, 5) is 4.24. The number of unbranched alkanes of at least 4 members (excludes halogenated alkanes) is 2. The second-order valence-corrected chi connectivity index (χ2v) is 3.33. The highest BCUT2D eigenvalue weighted by atomic mass is 35.5. The fourth-order valence-corrected chi connectivity index (χ4v) is 1.38. The van der Waals surface area contributed by atoms with E-state index >= 15 is 0 Å². The fraction of sp³-hybridized carbons (Fsp3) is 0.667. The molecular weight excluding hydrogens is 172 g/mol. The van der Waals surface area contributed by atoms with Crippen LogP contribution < -0.4 is 0 Å². The first-order valence-corrected chi connectivity index (χ1v) is 4.90. The lowest BCUT2D eigenvalue weighted by molar-refractivity contribution is 0.673. The number of aromatic nitrogens is 2. The Bertz CT molecular complexity index is 220. The minimum absolute atomic E-state index is 0.778. The van der Waals surface area contributed by atoms with Gasteiger partial charge >= 0.3 is 0 Å². The van der Waals surface area contributed by atoms with Crippen LogP contribution in [0, 0.1) is 0 Å². The minimum atomic E-state index is 0.778. The molecule has 0 N–H and O–H groups in total. The zero-order valence-corrected chi connectivity index (χ0v) is 8.22. The first-order valence-electron chi connectivity index (χ1n) is 4.36. The molecular formula is C9H15ClN2. The Labute approximate surface area is 78.6 Å². The number of alkyl halides is 1. The van der Waals surface area contributed by atoms with E-state index in [1.165, 1.54) is 18.7 Å². The molecule has 0 saturated carbocycles. The molecule has 0 atom stereocenters. The van der Waals surface area contributed by atoms with Gasteiger partial charge in [0.15, 0.2) is 0 Å². The van der Waals surface area contributed by atoms with E-state index in [-0.39, 0.29) is 0 Å². The van der Waals surface area contributed by atoms with Gasteiger partial charge in [0.2, 0.25) is 0 Å². The number of rotatable bonds is 5. The van der Waals surface area contributed by atoms with E-state index in [1.54, 1.807) is 0 Å². The van der Waals surface area contributed by atoms with Crippen molar-refractivity contribution in [3.05, 3.63) is 18.2 Å². The monoisotopic (exact) mass is 186 g/mol. The molecule has 0 unspecified atom stereocenters. The van der Waals surface area contributed by atoms with Gasteiger partial charge in [0.05, 0.1) is 0 Å². The van der Waals surface area contributed by atoms with Crippen LogP contribution in [0.1, 0.15) is 25.1 Å². The highest BCUT2D eigenvalue weighted by molar-refractivity contribution is 6.17. The van der Waals surface area contributed by atoms with Crippen molar-refractivity contribution in [2.24, 2.45) is 7.05 Å². The highest BCUT2D eigenvalue weighted by Gasteiger charge is 1.97. The maximum Gasteiger partial charge on any atom is 0.108 e. The SMILES string of the molecule is Cn1ccnc1CCCCCCl. The highest BCUT2D eigenvalue weighted by Crippen LogP contribution is 2.04. The summed E-state index contributed by atoms with van der Waals surface area (Å²) in [7, 11) is 2.03. The van der Waals surface area contributed by atoms with Crippen LogP contribution in [0.4, 0.5) is 0 Å². The number of hydrogen-bond donors (Lipinski definition) is 0. The normalized spacial score (nSPS) is 10.5. The van der Waals surface area contributed by atoms with Crippen LogP contribution in [-0.4, -0.2) is 15.4 Å². The van der Waals surface area contributed by atoms with Crippen molar-refractivity contribution in [3.8, 4) is 0 Å². The van der Waals surface area contributed by atoms with Crippen molar-refractivity contribution >= 4 is 11.6 Å². The summed E-state index contributed by atoms with van der Waals surface area (Å²) in [5, 5.41) is 0. The molecule has 3 heteroatoms. The summed E-state index contributed by atoms with van der Waals surface area (Å²) in [5.41, 5.74) is 0. The van der Waals surface area contributed by atoms with Gasteiger partial charge in [0, 0.05) is 31.7 Å². The van der Waals surface area contributed by atoms with Crippen LogP contribution in [0.15, 0.2) is 12.4 Å². The molecule has 0 aromatic carbocycles. The molecule has 1 rings (SSSR count). The van der Waals surface area contributed by atoms with Crippen molar-refractivity contribution in [1.29, 1.82) is 0 Å². The number of halogens is 1. The van der Waals surface area contributed by atoms with Crippen LogP contribution in [-0.2, 0) is 13.5 Å². The molecule has 0 aliphatic heterocycles. The Hall–Kier alpha value is -0.500. The van der Waals surface area contributed by atoms with E-state index in [4.69, 9.17) is 11.6 Å². The lowest BCUT2D eigenvalue weighted by Crippen LogP contribution is -1.97. The van der Waals surface area contributed by atoms with Crippen LogP contribution >= 0.6 is 11.6 Å². The van der Waals surface area contributed by atoms with Gasteiger partial charge in [0.25, 0.3) is 0 Å². The van der Waals surface area contributed by atoms with E-state index in [2.05, 4.69) is 9.55 Å². The summed E-state index contributed by atoms with van der Waals surface area (Å²) in [6, 6.07) is 0. The van der Waals surface area contributed by atoms with Crippen molar-refractivity contribution in [2.45, 2.75) is 25.7 Å². The Morgan fingerprint density at radius 3 is 2.83 bits per heavy atom. The molecule has 68 valence electrons. The Morgan fingerprint density at radius 2 is 2.25 bits per heavy atom. The molecule has 1 aromatic rings. The molecule has 0 aliphatic rings. The number of aryl methyl sites for hydroxylation is 2. The third kappa shape index (κ3) is 2.86. The fourth-order valence-electron chi connectivity index (χ4n) is 1.19. The second kappa shape index (κ2) is 5.20. The van der Waals surface area contributed by atoms with Gasteiger partial charge in [0.1, 0.15) is 5.82 Å². The van der Waals surface area contributed by atoms with Gasteiger partial charge in [-0.05, 0) is 12.8 Å². The summed E-state index contributed by atoms with van der Waals surface area (Å²) in [6.07, 6.45) is 8.41. The summed E-state index contributed by atoms with van der Waals surface area (Å²) >= 11 is 5.57. The molecule has 1 aromatic heterocycles. The van der Waals surface area contributed by atoms with Crippen LogP contribution in [0.3, 0.4) is 0 Å². The average Bonchev–Trinajstić information content (AvgIpc) is 2.46. The minimum Gasteiger partial charge on any atom is -0.338 e. The van der Waals surface area contributed by atoms with Crippen LogP contribution in [0.25, 0.3) is 0 Å². The topological polar surface area (TPSA) is 17.8 Å². The predicted octanol–water partition coefficient (Wildman–Crippen LogP) is 2.37. The van der Waals surface area contributed by atoms with E-state index < -0.39 is 0 Å². The first kappa shape index (κ1) is 9.59. The molecule has 0 fully saturated rings. The summed E-state index contributed by atoms with van der Waals surface area (Å²) in [5.74, 6) is 1.95. The Morgan fingerprint density at radius 1 is 1.42 bits per heavy atom. The third-order valence-corrected chi connectivity index (χ3v) is 2.22. The maximum absolute atomic E-state index is 5.57. The molecule has 0 spiro atoms. The molecule has 0 bridgehead atoms. The van der Waals surface area contributed by atoms with Gasteiger partial charge in [-0.15, -0.1) is 11.6 Å². The standard InChI is InChI=1S/C9H15ClN2/c1-12-8-7-11-9(12)5-3-2-4-6-10/h7-8H,2-6H2,1H3. The van der Waals surface area contributed by atoms with E-state index in [9.17, 15) is 0 Å². The van der Waals surface area contributed by atoms with Gasteiger partial charge in [-0.3, -0.25) is 0 Å². The number of nitrogens with zero attached hydrogens (tertiary/aromatic N) is 2. The Kier molecular flexibility index (Phi) is 4.15. The van der Waals surface area contributed by atoms with Crippen molar-refractivity contribution in [2.75, 3.05) is 5.88 Å². The largest absolute Gasteiger partial charge is 0.338 e. The first-order chi connectivity index (χ1) is 5.84. The smallest absolute Gasteiger partial charge is 0.108 e. The maximum atomic E-state index is 5.57. The van der Waals surface area contributed by atoms with Gasteiger partial charge in [-0.1, -0.05) is 6.42 Å². The Balaban J connectivity index is 2.20. The lowest BCUT2D eigenvalue weighted by atomic mass is 10.2. The van der Waals surface area contributed by atoms with Crippen LogP contribution in [0.5, 0.6) is 0 Å². The molecule has 2 nitrogen and oxygen atoms in total. The predicted molar refractivity (Wildman–Crippen MR) is 51.5 cm³/mol. The van der Waals surface area contributed by atoms with E-state index in [0.29, 0.717) is 0 Å². The van der Waals surface area contributed by atoms with Crippen molar-refractivity contribution in [1.82, 2.24) is 9.55 Å². The molecule has 1 heterocycles. The van der Waals surface area contributed by atoms with Gasteiger partial charge in [-0.2, -0.15) is 0 Å². The molecule has 0 aliphatic carbocycles. The summed E-state index contributed by atoms with van der Waals surface area (Å²) in [6.45, 7) is 0. The zero-order valence-electron chi connectivity index (χ0n) is 7.46. The zero-order chi connectivity index (χ0) is 8.81. The quantitative estimate of drug-likeness (QED) is 0.510. The molecule has 0 radical (unpaired) electrons. The van der Waals surface area contributed by atoms with Crippen LogP contribution in [0.2, 0.25) is 0 Å². The second-order valence-electron chi connectivity index (χ2n) is 2.95. The lowest BCUT2D eigenvalue weighted by Gasteiger charge is -2.00. The molecule has 0 saturated heterocycles. The van der Waals surface area contributed by atoms with E-state index in [0.717, 1.165) is 18.7 Å². The molecule has 12 heavy (non-hydrogen) atoms. The van der Waals surface area contributed by atoms with Gasteiger partial charge in [-0.25, -0.2) is 4.98 Å². The van der Waals surface area contributed by atoms with Crippen molar-refractivity contribution < 1.29 is 0 Å². The average molecular weight is 187 g/mol. The molecule has 0 amide bonds. The van der Waals surface area contributed by atoms with Gasteiger partial charge < -0.3 is 4.57 Å². The van der Waals surface area contributed by atoms with Crippen molar-refractivity contribution in [3.63, 3.8) is 0 Å². The van der Waals surface area contributed by atoms with E-state index in [1.807, 2.05) is 19.4 Å². The number of hydrogen-bond acceptors (Lipinski definition) is 1. The number of imidazole rings is 1. The third-order valence-electron chi connectivity index (χ3n) is 1.95.